The zero-order valence-electron chi connectivity index (χ0n) is 9.22. The average molecular weight is 217 g/mol. The lowest BCUT2D eigenvalue weighted by Crippen LogP contribution is -2.26. The van der Waals surface area contributed by atoms with E-state index in [1.165, 1.54) is 0 Å². The van der Waals surface area contributed by atoms with E-state index in [9.17, 15) is 4.79 Å². The van der Waals surface area contributed by atoms with Gasteiger partial charge in [0.1, 0.15) is 5.76 Å². The summed E-state index contributed by atoms with van der Waals surface area (Å²) in [6.45, 7) is 1.81. The van der Waals surface area contributed by atoms with Gasteiger partial charge in [-0.15, -0.1) is 0 Å². The van der Waals surface area contributed by atoms with Crippen LogP contribution in [0.15, 0.2) is 42.2 Å². The highest BCUT2D eigenvalue weighted by atomic mass is 16.5. The summed E-state index contributed by atoms with van der Waals surface area (Å²) >= 11 is 0. The van der Waals surface area contributed by atoms with Gasteiger partial charge in [-0.3, -0.25) is 4.79 Å². The highest BCUT2D eigenvalue weighted by Crippen LogP contribution is 2.20. The molecule has 16 heavy (non-hydrogen) atoms. The van der Waals surface area contributed by atoms with Crippen molar-refractivity contribution >= 4 is 5.97 Å². The van der Waals surface area contributed by atoms with E-state index in [0.717, 1.165) is 5.56 Å². The Hall–Kier alpha value is -1.61. The van der Waals surface area contributed by atoms with Gasteiger partial charge in [0.15, 0.2) is 0 Å². The van der Waals surface area contributed by atoms with Crippen molar-refractivity contribution in [3.8, 4) is 0 Å². The molecule has 0 saturated heterocycles. The molecule has 0 amide bonds. The molecule has 2 atom stereocenters. The normalized spacial score (nSPS) is 21.5. The molecule has 1 aliphatic heterocycles. The summed E-state index contributed by atoms with van der Waals surface area (Å²) < 4.78 is 5.10. The summed E-state index contributed by atoms with van der Waals surface area (Å²) in [5, 5.41) is 0. The largest absolute Gasteiger partial charge is 0.429 e. The van der Waals surface area contributed by atoms with Crippen LogP contribution in [0.4, 0.5) is 0 Å². The molecule has 0 radical (unpaired) electrons. The van der Waals surface area contributed by atoms with Gasteiger partial charge in [-0.25, -0.2) is 0 Å². The van der Waals surface area contributed by atoms with Crippen LogP contribution in [-0.2, 0) is 16.0 Å². The number of hydrogen-bond donors (Lipinski definition) is 1. The Morgan fingerprint density at radius 3 is 2.62 bits per heavy atom. The lowest BCUT2D eigenvalue weighted by atomic mass is 10.0. The third kappa shape index (κ3) is 2.31. The van der Waals surface area contributed by atoms with Crippen molar-refractivity contribution in [3.63, 3.8) is 0 Å². The predicted octanol–water partition coefficient (Wildman–Crippen LogP) is 1.63. The SMILES string of the molecule is C[C@@H]1C=C([C@@H](N)Cc2ccccc2)OC1=O. The Kier molecular flexibility index (Phi) is 3.06. The zero-order chi connectivity index (χ0) is 11.5. The van der Waals surface area contributed by atoms with Gasteiger partial charge in [0.05, 0.1) is 12.0 Å². The summed E-state index contributed by atoms with van der Waals surface area (Å²) in [6.07, 6.45) is 2.49. The number of carbonyl (C=O) groups excluding carboxylic acids is 1. The Bertz CT molecular complexity index is 411. The summed E-state index contributed by atoms with van der Waals surface area (Å²) in [7, 11) is 0. The first-order chi connectivity index (χ1) is 7.66. The Labute approximate surface area is 94.9 Å². The number of carbonyl (C=O) groups is 1. The van der Waals surface area contributed by atoms with Crippen LogP contribution >= 0.6 is 0 Å². The third-order valence-electron chi connectivity index (χ3n) is 2.67. The number of benzene rings is 1. The highest BCUT2D eigenvalue weighted by molar-refractivity contribution is 5.78. The molecule has 0 fully saturated rings. The van der Waals surface area contributed by atoms with Crippen molar-refractivity contribution in [3.05, 3.63) is 47.7 Å². The average Bonchev–Trinajstić information content (AvgIpc) is 2.61. The van der Waals surface area contributed by atoms with E-state index >= 15 is 0 Å². The van der Waals surface area contributed by atoms with Gasteiger partial charge >= 0.3 is 5.97 Å². The standard InChI is InChI=1S/C13H15NO2/c1-9-7-12(16-13(9)15)11(14)8-10-5-3-2-4-6-10/h2-7,9,11H,8,14H2,1H3/t9-,11+/m1/s1. The van der Waals surface area contributed by atoms with Crippen molar-refractivity contribution in [2.24, 2.45) is 11.7 Å². The molecular weight excluding hydrogens is 202 g/mol. The Balaban J connectivity index is 2.02. The maximum atomic E-state index is 11.2. The number of esters is 1. The number of ether oxygens (including phenoxy) is 1. The van der Waals surface area contributed by atoms with Gasteiger partial charge < -0.3 is 10.5 Å². The molecule has 2 rings (SSSR count). The van der Waals surface area contributed by atoms with Crippen molar-refractivity contribution < 1.29 is 9.53 Å². The molecule has 0 bridgehead atoms. The third-order valence-corrected chi connectivity index (χ3v) is 2.67. The van der Waals surface area contributed by atoms with E-state index in [4.69, 9.17) is 10.5 Å². The molecule has 2 N–H and O–H groups in total. The zero-order valence-corrected chi connectivity index (χ0v) is 9.22. The molecule has 1 heterocycles. The molecule has 3 nitrogen and oxygen atoms in total. The summed E-state index contributed by atoms with van der Waals surface area (Å²) in [5.41, 5.74) is 7.13. The topological polar surface area (TPSA) is 52.3 Å². The Morgan fingerprint density at radius 1 is 1.38 bits per heavy atom. The van der Waals surface area contributed by atoms with Gasteiger partial charge in [0.2, 0.25) is 0 Å². The number of rotatable bonds is 3. The van der Waals surface area contributed by atoms with E-state index in [-0.39, 0.29) is 17.9 Å². The van der Waals surface area contributed by atoms with Crippen molar-refractivity contribution in [2.75, 3.05) is 0 Å². The molecule has 0 spiro atoms. The number of cyclic esters (lactones) is 1. The van der Waals surface area contributed by atoms with E-state index in [2.05, 4.69) is 0 Å². The fraction of sp³-hybridized carbons (Fsp3) is 0.308. The van der Waals surface area contributed by atoms with Crippen LogP contribution in [0.5, 0.6) is 0 Å². The van der Waals surface area contributed by atoms with E-state index in [0.29, 0.717) is 12.2 Å². The molecule has 0 unspecified atom stereocenters. The number of nitrogens with two attached hydrogens (primary N) is 1. The van der Waals surface area contributed by atoms with E-state index in [1.807, 2.05) is 37.3 Å². The van der Waals surface area contributed by atoms with E-state index in [1.54, 1.807) is 6.08 Å². The van der Waals surface area contributed by atoms with Crippen LogP contribution in [0, 0.1) is 5.92 Å². The summed E-state index contributed by atoms with van der Waals surface area (Å²) in [6, 6.07) is 9.70. The molecule has 84 valence electrons. The number of hydrogen-bond acceptors (Lipinski definition) is 3. The van der Waals surface area contributed by atoms with Crippen LogP contribution in [0.2, 0.25) is 0 Å². The molecule has 1 aromatic carbocycles. The first-order valence-corrected chi connectivity index (χ1v) is 5.39. The minimum atomic E-state index is -0.240. The lowest BCUT2D eigenvalue weighted by Gasteiger charge is -2.11. The molecule has 1 aromatic rings. The smallest absolute Gasteiger partial charge is 0.317 e. The van der Waals surface area contributed by atoms with E-state index < -0.39 is 0 Å². The molecule has 0 saturated carbocycles. The molecule has 1 aliphatic rings. The fourth-order valence-corrected chi connectivity index (χ4v) is 1.73. The van der Waals surface area contributed by atoms with Crippen LogP contribution in [0.25, 0.3) is 0 Å². The predicted molar refractivity (Wildman–Crippen MR) is 61.5 cm³/mol. The van der Waals surface area contributed by atoms with Crippen LogP contribution < -0.4 is 5.73 Å². The maximum absolute atomic E-state index is 11.2. The van der Waals surface area contributed by atoms with Gasteiger partial charge in [0.25, 0.3) is 0 Å². The molecular formula is C13H15NO2. The van der Waals surface area contributed by atoms with Gasteiger partial charge in [-0.2, -0.15) is 0 Å². The van der Waals surface area contributed by atoms with Crippen LogP contribution in [0.3, 0.4) is 0 Å². The summed E-state index contributed by atoms with van der Waals surface area (Å²) in [5.74, 6) is 0.219. The second-order valence-corrected chi connectivity index (χ2v) is 4.08. The Morgan fingerprint density at radius 2 is 2.06 bits per heavy atom. The molecule has 3 heteroatoms. The highest BCUT2D eigenvalue weighted by Gasteiger charge is 2.26. The lowest BCUT2D eigenvalue weighted by molar-refractivity contribution is -0.139. The van der Waals surface area contributed by atoms with Gasteiger partial charge in [-0.05, 0) is 25.0 Å². The molecule has 0 aliphatic carbocycles. The first kappa shape index (κ1) is 10.9. The second-order valence-electron chi connectivity index (χ2n) is 4.08. The molecule has 0 aromatic heterocycles. The monoisotopic (exact) mass is 217 g/mol. The van der Waals surface area contributed by atoms with Crippen molar-refractivity contribution in [2.45, 2.75) is 19.4 Å². The summed E-state index contributed by atoms with van der Waals surface area (Å²) in [4.78, 5) is 11.2. The minimum absolute atomic E-state index is 0.170. The first-order valence-electron chi connectivity index (χ1n) is 5.39. The fourth-order valence-electron chi connectivity index (χ4n) is 1.73. The van der Waals surface area contributed by atoms with Crippen molar-refractivity contribution in [1.82, 2.24) is 0 Å². The van der Waals surface area contributed by atoms with Crippen molar-refractivity contribution in [1.29, 1.82) is 0 Å². The minimum Gasteiger partial charge on any atom is -0.429 e. The van der Waals surface area contributed by atoms with Gasteiger partial charge in [-0.1, -0.05) is 30.3 Å². The van der Waals surface area contributed by atoms with Gasteiger partial charge in [0, 0.05) is 0 Å². The maximum Gasteiger partial charge on any atom is 0.317 e. The quantitative estimate of drug-likeness (QED) is 0.783. The second kappa shape index (κ2) is 4.49. The van der Waals surface area contributed by atoms with Crippen LogP contribution in [-0.4, -0.2) is 12.0 Å². The van der Waals surface area contributed by atoms with Crippen LogP contribution in [0.1, 0.15) is 12.5 Å².